The molecule has 0 saturated heterocycles. The van der Waals surface area contributed by atoms with Crippen molar-refractivity contribution in [3.05, 3.63) is 47.2 Å². The molecule has 0 radical (unpaired) electrons. The molecule has 0 bridgehead atoms. The molecule has 0 atom stereocenters. The van der Waals surface area contributed by atoms with E-state index in [4.69, 9.17) is 16.3 Å². The lowest BCUT2D eigenvalue weighted by Gasteiger charge is -2.05. The van der Waals surface area contributed by atoms with E-state index in [1.54, 1.807) is 18.2 Å². The quantitative estimate of drug-likeness (QED) is 0.710. The molecule has 0 aliphatic rings. The molecule has 0 unspecified atom stereocenters. The van der Waals surface area contributed by atoms with Crippen molar-refractivity contribution in [1.29, 1.82) is 0 Å². The summed E-state index contributed by atoms with van der Waals surface area (Å²) in [5.41, 5.74) is 0.651. The number of nitrogens with one attached hydrogen (secondary N) is 1. The van der Waals surface area contributed by atoms with E-state index in [1.807, 2.05) is 6.92 Å². The van der Waals surface area contributed by atoms with Crippen LogP contribution >= 0.6 is 22.9 Å². The zero-order chi connectivity index (χ0) is 17.3. The number of halogens is 2. The first-order valence-corrected chi connectivity index (χ1v) is 9.58. The summed E-state index contributed by atoms with van der Waals surface area (Å²) in [7, 11) is -3.91. The molecule has 0 spiro atoms. The van der Waals surface area contributed by atoms with Gasteiger partial charge in [0.25, 0.3) is 10.0 Å². The molecule has 0 amide bonds. The van der Waals surface area contributed by atoms with Crippen LogP contribution in [0.4, 0.5) is 9.52 Å². The van der Waals surface area contributed by atoms with Gasteiger partial charge < -0.3 is 4.74 Å². The molecule has 9 heteroatoms. The molecule has 0 aliphatic heterocycles. The number of hydrogen-bond acceptors (Lipinski definition) is 5. The second-order valence-corrected chi connectivity index (χ2v) is 7.88. The van der Waals surface area contributed by atoms with Gasteiger partial charge in [0.1, 0.15) is 11.6 Å². The predicted octanol–water partition coefficient (Wildman–Crippen LogP) is 4.29. The number of rotatable bonds is 5. The highest BCUT2D eigenvalue weighted by molar-refractivity contribution is 7.93. The number of nitrogens with zero attached hydrogens (tertiary/aromatic N) is 1. The molecule has 2 aromatic carbocycles. The highest BCUT2D eigenvalue weighted by Crippen LogP contribution is 2.31. The average Bonchev–Trinajstić information content (AvgIpc) is 2.91. The van der Waals surface area contributed by atoms with Gasteiger partial charge in [-0.3, -0.25) is 4.72 Å². The van der Waals surface area contributed by atoms with Crippen molar-refractivity contribution in [1.82, 2.24) is 4.98 Å². The Bertz CT molecular complexity index is 1010. The monoisotopic (exact) mass is 386 g/mol. The van der Waals surface area contributed by atoms with Crippen LogP contribution in [0.5, 0.6) is 5.75 Å². The Morgan fingerprint density at radius 2 is 2.08 bits per heavy atom. The average molecular weight is 387 g/mol. The maximum absolute atomic E-state index is 13.2. The molecule has 1 aromatic heterocycles. The molecule has 5 nitrogen and oxygen atoms in total. The zero-order valence-electron chi connectivity index (χ0n) is 12.4. The van der Waals surface area contributed by atoms with E-state index in [-0.39, 0.29) is 15.0 Å². The van der Waals surface area contributed by atoms with E-state index in [1.165, 1.54) is 11.3 Å². The number of thiazole rings is 1. The molecule has 3 rings (SSSR count). The summed E-state index contributed by atoms with van der Waals surface area (Å²) in [6, 6.07) is 8.52. The second kappa shape index (κ2) is 6.54. The van der Waals surface area contributed by atoms with Gasteiger partial charge in [0.15, 0.2) is 5.13 Å². The molecule has 1 N–H and O–H groups in total. The fraction of sp³-hybridized carbons (Fsp3) is 0.133. The van der Waals surface area contributed by atoms with Crippen molar-refractivity contribution in [2.24, 2.45) is 0 Å². The highest BCUT2D eigenvalue weighted by Gasteiger charge is 2.18. The van der Waals surface area contributed by atoms with Gasteiger partial charge in [0, 0.05) is 0 Å². The SMILES string of the molecule is CCOc1ccc2nc(NS(=O)(=O)c3ccc(F)c(Cl)c3)sc2c1. The van der Waals surface area contributed by atoms with Crippen LogP contribution in [-0.2, 0) is 10.0 Å². The minimum absolute atomic E-state index is 0.136. The fourth-order valence-electron chi connectivity index (χ4n) is 2.02. The molecule has 3 aromatic rings. The van der Waals surface area contributed by atoms with E-state index >= 15 is 0 Å². The highest BCUT2D eigenvalue weighted by atomic mass is 35.5. The van der Waals surface area contributed by atoms with Crippen molar-refractivity contribution in [2.45, 2.75) is 11.8 Å². The number of hydrogen-bond donors (Lipinski definition) is 1. The van der Waals surface area contributed by atoms with E-state index in [2.05, 4.69) is 9.71 Å². The van der Waals surface area contributed by atoms with Crippen LogP contribution in [0.3, 0.4) is 0 Å². The van der Waals surface area contributed by atoms with Crippen LogP contribution in [-0.4, -0.2) is 20.0 Å². The number of aromatic nitrogens is 1. The summed E-state index contributed by atoms with van der Waals surface area (Å²) >= 11 is 6.82. The number of ether oxygens (including phenoxy) is 1. The van der Waals surface area contributed by atoms with Crippen molar-refractivity contribution in [3.8, 4) is 5.75 Å². The van der Waals surface area contributed by atoms with Crippen LogP contribution in [0.2, 0.25) is 5.02 Å². The zero-order valence-corrected chi connectivity index (χ0v) is 14.8. The van der Waals surface area contributed by atoms with Gasteiger partial charge in [0.05, 0.1) is 26.7 Å². The Hall–Kier alpha value is -1.90. The smallest absolute Gasteiger partial charge is 0.263 e. The maximum atomic E-state index is 13.2. The normalized spacial score (nSPS) is 11.6. The molecular weight excluding hydrogens is 375 g/mol. The molecular formula is C15H12ClFN2O3S2. The van der Waals surface area contributed by atoms with Crippen LogP contribution in [0.1, 0.15) is 6.92 Å². The Morgan fingerprint density at radius 1 is 1.29 bits per heavy atom. The summed E-state index contributed by atoms with van der Waals surface area (Å²) in [4.78, 5) is 4.09. The first-order valence-electron chi connectivity index (χ1n) is 6.90. The molecule has 0 aliphatic carbocycles. The van der Waals surface area contributed by atoms with Gasteiger partial charge in [-0.25, -0.2) is 17.8 Å². The first-order chi connectivity index (χ1) is 11.4. The molecule has 1 heterocycles. The number of fused-ring (bicyclic) bond motifs is 1. The summed E-state index contributed by atoms with van der Waals surface area (Å²) in [6.07, 6.45) is 0. The van der Waals surface area contributed by atoms with Crippen LogP contribution in [0.15, 0.2) is 41.3 Å². The van der Waals surface area contributed by atoms with Crippen LogP contribution in [0, 0.1) is 5.82 Å². The molecule has 24 heavy (non-hydrogen) atoms. The van der Waals surface area contributed by atoms with Gasteiger partial charge in [-0.1, -0.05) is 22.9 Å². The van der Waals surface area contributed by atoms with E-state index in [0.29, 0.717) is 17.9 Å². The second-order valence-electron chi connectivity index (χ2n) is 4.76. The van der Waals surface area contributed by atoms with Crippen molar-refractivity contribution in [2.75, 3.05) is 11.3 Å². The third-order valence-electron chi connectivity index (χ3n) is 3.09. The van der Waals surface area contributed by atoms with Crippen LogP contribution < -0.4 is 9.46 Å². The minimum atomic E-state index is -3.91. The van der Waals surface area contributed by atoms with E-state index in [9.17, 15) is 12.8 Å². The lowest BCUT2D eigenvalue weighted by molar-refractivity contribution is 0.341. The Labute approximate surface area is 147 Å². The third kappa shape index (κ3) is 3.45. The van der Waals surface area contributed by atoms with Gasteiger partial charge >= 0.3 is 0 Å². The standard InChI is InChI=1S/C15H12ClFN2O3S2/c1-2-22-9-3-6-13-14(7-9)23-15(18-13)19-24(20,21)10-4-5-12(17)11(16)8-10/h3-8H,2H2,1H3,(H,18,19). The van der Waals surface area contributed by atoms with Crippen molar-refractivity contribution in [3.63, 3.8) is 0 Å². The summed E-state index contributed by atoms with van der Waals surface area (Å²) in [5, 5.41) is -0.0531. The maximum Gasteiger partial charge on any atom is 0.263 e. The third-order valence-corrected chi connectivity index (χ3v) is 5.78. The fourth-order valence-corrected chi connectivity index (χ4v) is 4.42. The molecule has 0 saturated carbocycles. The van der Waals surface area contributed by atoms with Crippen LogP contribution in [0.25, 0.3) is 10.2 Å². The summed E-state index contributed by atoms with van der Waals surface area (Å²) < 4.78 is 46.5. The summed E-state index contributed by atoms with van der Waals surface area (Å²) in [6.45, 7) is 2.42. The van der Waals surface area contributed by atoms with Crippen molar-refractivity contribution >= 4 is 48.3 Å². The van der Waals surface area contributed by atoms with Gasteiger partial charge in [-0.15, -0.1) is 0 Å². The van der Waals surface area contributed by atoms with Gasteiger partial charge in [-0.05, 0) is 43.3 Å². The lowest BCUT2D eigenvalue weighted by atomic mass is 10.3. The van der Waals surface area contributed by atoms with E-state index < -0.39 is 15.8 Å². The molecule has 126 valence electrons. The predicted molar refractivity (Wildman–Crippen MR) is 93.0 cm³/mol. The number of anilines is 1. The van der Waals surface area contributed by atoms with Gasteiger partial charge in [-0.2, -0.15) is 0 Å². The molecule has 0 fully saturated rings. The minimum Gasteiger partial charge on any atom is -0.494 e. The Balaban J connectivity index is 1.91. The summed E-state index contributed by atoms with van der Waals surface area (Å²) in [5.74, 6) is 0.00688. The topological polar surface area (TPSA) is 68.3 Å². The number of sulfonamides is 1. The Morgan fingerprint density at radius 3 is 2.79 bits per heavy atom. The number of benzene rings is 2. The van der Waals surface area contributed by atoms with E-state index in [0.717, 1.165) is 22.9 Å². The van der Waals surface area contributed by atoms with Gasteiger partial charge in [0.2, 0.25) is 0 Å². The van der Waals surface area contributed by atoms with Crippen molar-refractivity contribution < 1.29 is 17.5 Å². The Kier molecular flexibility index (Phi) is 4.62. The largest absolute Gasteiger partial charge is 0.494 e. The lowest BCUT2D eigenvalue weighted by Crippen LogP contribution is -2.12. The first kappa shape index (κ1) is 16.9.